The summed E-state index contributed by atoms with van der Waals surface area (Å²) in [6.07, 6.45) is 2.85. The smallest absolute Gasteiger partial charge is 0.233 e. The molecule has 1 saturated heterocycles. The number of carbonyl (C=O) groups excluding carboxylic acids is 1. The van der Waals surface area contributed by atoms with Crippen LogP contribution in [0.5, 0.6) is 0 Å². The van der Waals surface area contributed by atoms with Crippen LogP contribution < -0.4 is 0 Å². The monoisotopic (exact) mass is 399 g/mol. The third kappa shape index (κ3) is 4.15. The van der Waals surface area contributed by atoms with E-state index in [1.807, 2.05) is 25.3 Å². The number of aromatic nitrogens is 2. The normalized spacial score (nSPS) is 20.6. The number of hydrogen-bond donors (Lipinski definition) is 0. The topological polar surface area (TPSA) is 80.2 Å². The highest BCUT2D eigenvalue weighted by Gasteiger charge is 2.36. The lowest BCUT2D eigenvalue weighted by molar-refractivity contribution is -0.132. The SMILES string of the molecule is CC[C@H](C)N(C(=O)CSc1ncnc2sccc12)[C@H]1CCS(=O)(=O)C1. The fourth-order valence-electron chi connectivity index (χ4n) is 3.09. The van der Waals surface area contributed by atoms with Crippen molar-refractivity contribution in [3.63, 3.8) is 0 Å². The maximum atomic E-state index is 12.9. The van der Waals surface area contributed by atoms with Crippen molar-refractivity contribution in [1.82, 2.24) is 14.9 Å². The van der Waals surface area contributed by atoms with E-state index in [1.165, 1.54) is 18.1 Å². The molecule has 1 aliphatic rings. The van der Waals surface area contributed by atoms with Crippen molar-refractivity contribution in [3.8, 4) is 0 Å². The second-order valence-corrected chi connectivity index (χ2v) is 10.3. The van der Waals surface area contributed by atoms with E-state index in [9.17, 15) is 13.2 Å². The molecule has 0 N–H and O–H groups in total. The van der Waals surface area contributed by atoms with Gasteiger partial charge in [-0.1, -0.05) is 18.7 Å². The summed E-state index contributed by atoms with van der Waals surface area (Å²) in [6, 6.07) is 1.78. The second kappa shape index (κ2) is 7.59. The molecule has 1 fully saturated rings. The van der Waals surface area contributed by atoms with Crippen LogP contribution in [0.4, 0.5) is 0 Å². The lowest BCUT2D eigenvalue weighted by atomic mass is 10.1. The number of nitrogens with zero attached hydrogens (tertiary/aromatic N) is 3. The Morgan fingerprint density at radius 2 is 2.28 bits per heavy atom. The molecule has 136 valence electrons. The molecule has 0 bridgehead atoms. The molecule has 2 atom stereocenters. The zero-order valence-electron chi connectivity index (χ0n) is 14.2. The van der Waals surface area contributed by atoms with Gasteiger partial charge < -0.3 is 4.90 Å². The maximum Gasteiger partial charge on any atom is 0.233 e. The summed E-state index contributed by atoms with van der Waals surface area (Å²) in [5.74, 6) is 0.481. The van der Waals surface area contributed by atoms with E-state index >= 15 is 0 Å². The molecule has 2 aromatic rings. The van der Waals surface area contributed by atoms with Crippen molar-refractivity contribution in [2.24, 2.45) is 0 Å². The minimum atomic E-state index is -3.02. The lowest BCUT2D eigenvalue weighted by Crippen LogP contribution is -2.47. The lowest BCUT2D eigenvalue weighted by Gasteiger charge is -2.33. The molecule has 1 amide bonds. The number of fused-ring (bicyclic) bond motifs is 1. The van der Waals surface area contributed by atoms with Crippen LogP contribution in [0.2, 0.25) is 0 Å². The van der Waals surface area contributed by atoms with Gasteiger partial charge in [0.2, 0.25) is 5.91 Å². The van der Waals surface area contributed by atoms with Gasteiger partial charge in [-0.25, -0.2) is 18.4 Å². The van der Waals surface area contributed by atoms with E-state index in [1.54, 1.807) is 16.2 Å². The molecule has 0 spiro atoms. The first kappa shape index (κ1) is 18.6. The molecule has 6 nitrogen and oxygen atoms in total. The number of amides is 1. The van der Waals surface area contributed by atoms with Crippen molar-refractivity contribution < 1.29 is 13.2 Å². The largest absolute Gasteiger partial charge is 0.335 e. The average molecular weight is 400 g/mol. The van der Waals surface area contributed by atoms with Crippen LogP contribution in [0.1, 0.15) is 26.7 Å². The summed E-state index contributed by atoms with van der Waals surface area (Å²) < 4.78 is 23.6. The van der Waals surface area contributed by atoms with E-state index < -0.39 is 9.84 Å². The highest BCUT2D eigenvalue weighted by atomic mass is 32.2. The molecular weight excluding hydrogens is 378 g/mol. The van der Waals surface area contributed by atoms with Gasteiger partial charge in [-0.3, -0.25) is 4.79 Å². The Morgan fingerprint density at radius 1 is 1.48 bits per heavy atom. The Labute approximate surface area is 156 Å². The number of carbonyl (C=O) groups is 1. The van der Waals surface area contributed by atoms with Gasteiger partial charge in [-0.15, -0.1) is 11.3 Å². The molecule has 0 aliphatic carbocycles. The standard InChI is InChI=1S/C16H21N3O3S3/c1-3-11(2)19(12-5-7-25(21,22)9-12)14(20)8-24-16-13-4-6-23-15(13)17-10-18-16/h4,6,10-12H,3,5,7-9H2,1-2H3/t11-,12-/m0/s1. The molecular formula is C16H21N3O3S3. The van der Waals surface area contributed by atoms with E-state index in [-0.39, 0.29) is 35.2 Å². The summed E-state index contributed by atoms with van der Waals surface area (Å²) in [6.45, 7) is 4.00. The van der Waals surface area contributed by atoms with Crippen LogP contribution in [0, 0.1) is 0 Å². The average Bonchev–Trinajstić information content (AvgIpc) is 3.19. The third-order valence-corrected chi connectivity index (χ3v) is 8.07. The maximum absolute atomic E-state index is 12.9. The molecule has 2 aromatic heterocycles. The first-order valence-corrected chi connectivity index (χ1v) is 11.9. The zero-order chi connectivity index (χ0) is 18.0. The molecule has 1 aliphatic heterocycles. The Morgan fingerprint density at radius 3 is 2.96 bits per heavy atom. The van der Waals surface area contributed by atoms with Gasteiger partial charge in [0.05, 0.1) is 17.3 Å². The number of thiophene rings is 1. The molecule has 25 heavy (non-hydrogen) atoms. The van der Waals surface area contributed by atoms with Crippen molar-refractivity contribution in [2.75, 3.05) is 17.3 Å². The summed E-state index contributed by atoms with van der Waals surface area (Å²) in [5.41, 5.74) is 0. The van der Waals surface area contributed by atoms with Crippen LogP contribution >= 0.6 is 23.1 Å². The predicted molar refractivity (Wildman–Crippen MR) is 102 cm³/mol. The van der Waals surface area contributed by atoms with Gasteiger partial charge in [0, 0.05) is 17.5 Å². The third-order valence-electron chi connectivity index (χ3n) is 4.51. The van der Waals surface area contributed by atoms with Crippen LogP contribution in [-0.2, 0) is 14.6 Å². The summed E-state index contributed by atoms with van der Waals surface area (Å²) in [4.78, 5) is 24.1. The van der Waals surface area contributed by atoms with Crippen LogP contribution in [0.15, 0.2) is 22.8 Å². The number of hydrogen-bond acceptors (Lipinski definition) is 7. The quantitative estimate of drug-likeness (QED) is 0.549. The van der Waals surface area contributed by atoms with E-state index in [2.05, 4.69) is 9.97 Å². The molecule has 0 saturated carbocycles. The van der Waals surface area contributed by atoms with Crippen LogP contribution in [-0.4, -0.2) is 58.5 Å². The van der Waals surface area contributed by atoms with Gasteiger partial charge in [-0.05, 0) is 31.2 Å². The molecule has 9 heteroatoms. The second-order valence-electron chi connectivity index (χ2n) is 6.22. The minimum Gasteiger partial charge on any atom is -0.335 e. The number of thioether (sulfide) groups is 1. The first-order chi connectivity index (χ1) is 11.9. The number of rotatable bonds is 6. The van der Waals surface area contributed by atoms with E-state index in [4.69, 9.17) is 0 Å². The van der Waals surface area contributed by atoms with Gasteiger partial charge in [0.25, 0.3) is 0 Å². The molecule has 0 unspecified atom stereocenters. The highest BCUT2D eigenvalue weighted by Crippen LogP contribution is 2.29. The molecule has 3 heterocycles. The van der Waals surface area contributed by atoms with Gasteiger partial charge in [-0.2, -0.15) is 0 Å². The first-order valence-electron chi connectivity index (χ1n) is 8.24. The van der Waals surface area contributed by atoms with Crippen LogP contribution in [0.3, 0.4) is 0 Å². The van der Waals surface area contributed by atoms with Crippen molar-refractivity contribution in [1.29, 1.82) is 0 Å². The zero-order valence-corrected chi connectivity index (χ0v) is 16.7. The Bertz CT molecular complexity index is 866. The summed E-state index contributed by atoms with van der Waals surface area (Å²) >= 11 is 2.94. The summed E-state index contributed by atoms with van der Waals surface area (Å²) in [7, 11) is -3.02. The fraction of sp³-hybridized carbons (Fsp3) is 0.562. The molecule has 0 aromatic carbocycles. The van der Waals surface area contributed by atoms with Gasteiger partial charge in [0.1, 0.15) is 16.2 Å². The minimum absolute atomic E-state index is 0.0246. The van der Waals surface area contributed by atoms with E-state index in [0.29, 0.717) is 6.42 Å². The van der Waals surface area contributed by atoms with Crippen molar-refractivity contribution in [3.05, 3.63) is 17.8 Å². The Balaban J connectivity index is 1.73. The van der Waals surface area contributed by atoms with Gasteiger partial charge in [0.15, 0.2) is 9.84 Å². The Kier molecular flexibility index (Phi) is 5.65. The van der Waals surface area contributed by atoms with Gasteiger partial charge >= 0.3 is 0 Å². The highest BCUT2D eigenvalue weighted by molar-refractivity contribution is 8.00. The molecule has 3 rings (SSSR count). The fourth-order valence-corrected chi connectivity index (χ4v) is 6.45. The predicted octanol–water partition coefficient (Wildman–Crippen LogP) is 2.60. The summed E-state index contributed by atoms with van der Waals surface area (Å²) in [5, 5.41) is 3.71. The van der Waals surface area contributed by atoms with Crippen molar-refractivity contribution >= 4 is 49.1 Å². The van der Waals surface area contributed by atoms with Crippen molar-refractivity contribution in [2.45, 2.75) is 43.8 Å². The number of sulfone groups is 1. The van der Waals surface area contributed by atoms with E-state index in [0.717, 1.165) is 21.7 Å². The van der Waals surface area contributed by atoms with Crippen LogP contribution in [0.25, 0.3) is 10.2 Å². The molecule has 0 radical (unpaired) electrons. The Hall–Kier alpha value is -1.19.